The Hall–Kier alpha value is -3.92. The summed E-state index contributed by atoms with van der Waals surface area (Å²) in [7, 11) is 0. The van der Waals surface area contributed by atoms with Gasteiger partial charge in [-0.15, -0.1) is 0 Å². The maximum atomic E-state index is 13.8. The van der Waals surface area contributed by atoms with Gasteiger partial charge in [0.05, 0.1) is 11.3 Å². The largest absolute Gasteiger partial charge is 0.871 e. The first-order valence-corrected chi connectivity index (χ1v) is 14.0. The van der Waals surface area contributed by atoms with E-state index < -0.39 is 0 Å². The molecule has 0 unspecified atom stereocenters. The fourth-order valence-corrected chi connectivity index (χ4v) is 6.76. The predicted molar refractivity (Wildman–Crippen MR) is 148 cm³/mol. The molecule has 0 amide bonds. The number of Topliss-reactive ketones (excluding diaryl/α,β-unsaturated/α-hetero) is 1. The standard InChI is InChI=1S/C34H32N2O2/c37-33-31(29-21-25-13-7-15-27(25)35(29)19-17-23-9-3-1-4-10-23)34(38)32(33)30-22-26-14-8-16-28(26)36(30)20-18-24-11-5-2-6-12-24/h1-6,9-12,21-22H,7-8,13-20H2. The number of fused-ring (bicyclic) bond motifs is 2. The smallest absolute Gasteiger partial charge is 0.216 e. The number of benzene rings is 2. The van der Waals surface area contributed by atoms with Crippen LogP contribution in [0.1, 0.15) is 53.8 Å². The summed E-state index contributed by atoms with van der Waals surface area (Å²) in [6.07, 6.45) is 10.3. The van der Waals surface area contributed by atoms with Crippen LogP contribution in [-0.4, -0.2) is 27.2 Å². The molecule has 0 bridgehead atoms. The number of hydrogen-bond acceptors (Lipinski definition) is 2. The van der Waals surface area contributed by atoms with E-state index in [9.17, 15) is 9.90 Å². The molecule has 4 aliphatic rings. The minimum Gasteiger partial charge on any atom is -0.871 e. The highest BCUT2D eigenvalue weighted by Crippen LogP contribution is 2.42. The van der Waals surface area contributed by atoms with Gasteiger partial charge in [-0.05, 0) is 61.3 Å². The van der Waals surface area contributed by atoms with Gasteiger partial charge in [-0.2, -0.15) is 4.58 Å². The molecule has 3 aliphatic carbocycles. The number of aryl methyl sites for hydroxylation is 2. The molecular weight excluding hydrogens is 468 g/mol. The van der Waals surface area contributed by atoms with Crippen LogP contribution in [0, 0.1) is 0 Å². The fraction of sp³-hybridized carbons (Fsp3) is 0.294. The van der Waals surface area contributed by atoms with Gasteiger partial charge in [0.15, 0.2) is 12.3 Å². The Morgan fingerprint density at radius 2 is 1.53 bits per heavy atom. The van der Waals surface area contributed by atoms with Gasteiger partial charge < -0.3 is 9.67 Å². The third kappa shape index (κ3) is 3.82. The van der Waals surface area contributed by atoms with Gasteiger partial charge in [-0.25, -0.2) is 0 Å². The predicted octanol–water partition coefficient (Wildman–Crippen LogP) is 4.95. The van der Waals surface area contributed by atoms with Crippen molar-refractivity contribution in [3.05, 3.63) is 123 Å². The second-order valence-corrected chi connectivity index (χ2v) is 10.9. The Morgan fingerprint density at radius 3 is 2.26 bits per heavy atom. The molecule has 0 atom stereocenters. The van der Waals surface area contributed by atoms with Crippen molar-refractivity contribution in [2.75, 3.05) is 6.54 Å². The van der Waals surface area contributed by atoms with Crippen LogP contribution in [0.3, 0.4) is 0 Å². The Morgan fingerprint density at radius 1 is 0.816 bits per heavy atom. The monoisotopic (exact) mass is 500 g/mol. The van der Waals surface area contributed by atoms with E-state index in [-0.39, 0.29) is 11.5 Å². The zero-order valence-corrected chi connectivity index (χ0v) is 21.7. The molecule has 38 heavy (non-hydrogen) atoms. The Bertz CT molecular complexity index is 1570. The minimum absolute atomic E-state index is 0.0794. The van der Waals surface area contributed by atoms with Crippen LogP contribution in [0.5, 0.6) is 0 Å². The van der Waals surface area contributed by atoms with Crippen molar-refractivity contribution >= 4 is 17.1 Å². The summed E-state index contributed by atoms with van der Waals surface area (Å²) in [4.78, 5) is 13.8. The van der Waals surface area contributed by atoms with E-state index in [1.165, 1.54) is 33.7 Å². The van der Waals surface area contributed by atoms with Crippen molar-refractivity contribution in [1.29, 1.82) is 0 Å². The number of carbonyl (C=O) groups is 1. The number of nitrogens with zero attached hydrogens (tertiary/aromatic N) is 2. The summed E-state index contributed by atoms with van der Waals surface area (Å²) in [5.74, 6) is -0.159. The quantitative estimate of drug-likeness (QED) is 0.341. The molecule has 1 saturated carbocycles. The first-order valence-electron chi connectivity index (χ1n) is 14.0. The first kappa shape index (κ1) is 23.2. The first-order chi connectivity index (χ1) is 18.7. The molecule has 4 nitrogen and oxygen atoms in total. The molecule has 3 aromatic rings. The van der Waals surface area contributed by atoms with Crippen LogP contribution in [0.2, 0.25) is 0 Å². The lowest BCUT2D eigenvalue weighted by Crippen LogP contribution is -2.33. The van der Waals surface area contributed by atoms with Crippen LogP contribution >= 0.6 is 0 Å². The molecule has 190 valence electrons. The second-order valence-electron chi connectivity index (χ2n) is 10.9. The highest BCUT2D eigenvalue weighted by molar-refractivity contribution is 6.39. The number of allylic oxidation sites excluding steroid dienone is 4. The van der Waals surface area contributed by atoms with Gasteiger partial charge in [0.25, 0.3) is 0 Å². The summed E-state index contributed by atoms with van der Waals surface area (Å²) in [5, 5.41) is 13.8. The number of carbonyl (C=O) groups excluding carboxylic acids is 1. The molecule has 4 heteroatoms. The number of hydrogen-bond donors (Lipinski definition) is 0. The minimum atomic E-state index is -0.0794. The lowest BCUT2D eigenvalue weighted by atomic mass is 9.84. The van der Waals surface area contributed by atoms with E-state index in [1.807, 2.05) is 12.1 Å². The fourth-order valence-electron chi connectivity index (χ4n) is 6.76. The van der Waals surface area contributed by atoms with Crippen molar-refractivity contribution in [2.45, 2.75) is 57.9 Å². The van der Waals surface area contributed by atoms with Crippen molar-refractivity contribution in [3.8, 4) is 0 Å². The van der Waals surface area contributed by atoms with Gasteiger partial charge in [0.2, 0.25) is 11.5 Å². The zero-order chi connectivity index (χ0) is 25.6. The van der Waals surface area contributed by atoms with Gasteiger partial charge in [0.1, 0.15) is 0 Å². The number of ketones is 1. The third-order valence-corrected chi connectivity index (χ3v) is 8.67. The van der Waals surface area contributed by atoms with Gasteiger partial charge in [-0.3, -0.25) is 4.79 Å². The Balaban J connectivity index is 1.24. The summed E-state index contributed by atoms with van der Waals surface area (Å²) < 4.78 is 4.54. The Kier molecular flexibility index (Phi) is 5.76. The van der Waals surface area contributed by atoms with E-state index in [4.69, 9.17) is 0 Å². The highest BCUT2D eigenvalue weighted by atomic mass is 16.3. The van der Waals surface area contributed by atoms with E-state index >= 15 is 0 Å². The molecule has 2 aromatic carbocycles. The second kappa shape index (κ2) is 9.43. The van der Waals surface area contributed by atoms with Crippen molar-refractivity contribution in [3.63, 3.8) is 0 Å². The van der Waals surface area contributed by atoms with E-state index in [2.05, 4.69) is 69.8 Å². The number of rotatable bonds is 7. The van der Waals surface area contributed by atoms with Crippen molar-refractivity contribution < 1.29 is 14.5 Å². The van der Waals surface area contributed by atoms with Gasteiger partial charge >= 0.3 is 0 Å². The molecule has 0 saturated heterocycles. The number of aromatic nitrogens is 1. The third-order valence-electron chi connectivity index (χ3n) is 8.67. The Labute approximate surface area is 224 Å². The average molecular weight is 501 g/mol. The molecule has 0 N–H and O–H groups in total. The van der Waals surface area contributed by atoms with Gasteiger partial charge in [0, 0.05) is 42.3 Å². The SMILES string of the molecule is O=C1C(c2cc3c(n2CCc2ccccc2)CCC3)=C([O-])/C1=C1\C=C2CCCC2=[N+]1CCc1ccccc1. The van der Waals surface area contributed by atoms with Crippen LogP contribution < -0.4 is 5.11 Å². The lowest BCUT2D eigenvalue weighted by Gasteiger charge is -2.31. The van der Waals surface area contributed by atoms with E-state index in [0.29, 0.717) is 11.1 Å². The van der Waals surface area contributed by atoms with Crippen LogP contribution in [0.4, 0.5) is 0 Å². The van der Waals surface area contributed by atoms with E-state index in [1.54, 1.807) is 0 Å². The van der Waals surface area contributed by atoms with Crippen molar-refractivity contribution in [2.24, 2.45) is 0 Å². The topological polar surface area (TPSA) is 48.1 Å². The molecule has 7 rings (SSSR count). The molecule has 0 radical (unpaired) electrons. The van der Waals surface area contributed by atoms with Crippen LogP contribution in [0.15, 0.2) is 95.4 Å². The highest BCUT2D eigenvalue weighted by Gasteiger charge is 2.42. The molecule has 1 aromatic heterocycles. The molecule has 1 aliphatic heterocycles. The molecule has 0 spiro atoms. The lowest BCUT2D eigenvalue weighted by molar-refractivity contribution is -0.470. The maximum Gasteiger partial charge on any atom is 0.216 e. The molecule has 2 heterocycles. The van der Waals surface area contributed by atoms with Crippen LogP contribution in [0.25, 0.3) is 5.57 Å². The van der Waals surface area contributed by atoms with Gasteiger partial charge in [-0.1, -0.05) is 66.4 Å². The average Bonchev–Trinajstić information content (AvgIpc) is 3.71. The van der Waals surface area contributed by atoms with E-state index in [0.717, 1.165) is 75.8 Å². The van der Waals surface area contributed by atoms with Crippen molar-refractivity contribution in [1.82, 2.24) is 4.57 Å². The summed E-state index contributed by atoms with van der Waals surface area (Å²) in [6.45, 7) is 1.58. The van der Waals surface area contributed by atoms with Crippen LogP contribution in [-0.2, 0) is 37.0 Å². The maximum absolute atomic E-state index is 13.8. The summed E-state index contributed by atoms with van der Waals surface area (Å²) >= 11 is 0. The molecule has 1 fully saturated rings. The summed E-state index contributed by atoms with van der Waals surface area (Å²) in [6, 6.07) is 23.0. The zero-order valence-electron chi connectivity index (χ0n) is 21.7. The molecular formula is C34H32N2O2. The summed E-state index contributed by atoms with van der Waals surface area (Å²) in [5.41, 5.74) is 10.2. The normalized spacial score (nSPS) is 20.2.